The Kier molecular flexibility index (Phi) is 3.00. The Bertz CT molecular complexity index is 736. The molecule has 3 rings (SSSR count). The normalized spacial score (nSPS) is 10.4. The second-order valence-corrected chi connectivity index (χ2v) is 3.93. The maximum Gasteiger partial charge on any atom is 0.293 e. The van der Waals surface area contributed by atoms with Crippen LogP contribution in [0.1, 0.15) is 10.6 Å². The van der Waals surface area contributed by atoms with Gasteiger partial charge in [-0.2, -0.15) is 10.1 Å². The van der Waals surface area contributed by atoms with E-state index in [2.05, 4.69) is 20.5 Å². The van der Waals surface area contributed by atoms with Gasteiger partial charge in [0.25, 0.3) is 5.91 Å². The fraction of sp³-hybridized carbons (Fsp3) is 0. The molecule has 0 saturated heterocycles. The van der Waals surface area contributed by atoms with Gasteiger partial charge in [-0.3, -0.25) is 10.1 Å². The van der Waals surface area contributed by atoms with Crippen molar-refractivity contribution in [3.8, 4) is 11.3 Å². The van der Waals surface area contributed by atoms with Crippen LogP contribution >= 0.6 is 0 Å². The maximum absolute atomic E-state index is 13.6. The first-order valence-corrected chi connectivity index (χ1v) is 5.75. The van der Waals surface area contributed by atoms with Gasteiger partial charge in [0.2, 0.25) is 5.95 Å². The van der Waals surface area contributed by atoms with E-state index in [9.17, 15) is 9.18 Å². The summed E-state index contributed by atoms with van der Waals surface area (Å²) in [5, 5.41) is 8.55. The number of rotatable bonds is 3. The summed E-state index contributed by atoms with van der Waals surface area (Å²) in [5.74, 6) is -0.363. The molecular formula is C13H9FN4O2. The van der Waals surface area contributed by atoms with E-state index in [1.165, 1.54) is 24.5 Å². The smallest absolute Gasteiger partial charge is 0.293 e. The Morgan fingerprint density at radius 1 is 1.25 bits per heavy atom. The molecule has 0 aliphatic heterocycles. The number of anilines is 1. The molecule has 0 atom stereocenters. The lowest BCUT2D eigenvalue weighted by Gasteiger charge is -1.99. The Hall–Kier alpha value is -2.96. The maximum atomic E-state index is 13.6. The highest BCUT2D eigenvalue weighted by atomic mass is 19.1. The van der Waals surface area contributed by atoms with Crippen molar-refractivity contribution in [3.05, 3.63) is 54.3 Å². The van der Waals surface area contributed by atoms with Crippen LogP contribution in [0.25, 0.3) is 11.3 Å². The predicted octanol–water partition coefficient (Wildman–Crippen LogP) is 2.46. The second-order valence-electron chi connectivity index (χ2n) is 3.93. The number of hydrogen-bond donors (Lipinski definition) is 2. The molecule has 1 aromatic carbocycles. The van der Waals surface area contributed by atoms with E-state index in [4.69, 9.17) is 4.42 Å². The number of hydrogen-bond acceptors (Lipinski definition) is 4. The van der Waals surface area contributed by atoms with Crippen molar-refractivity contribution in [2.45, 2.75) is 0 Å². The van der Waals surface area contributed by atoms with Crippen LogP contribution in [0.5, 0.6) is 0 Å². The lowest BCUT2D eigenvalue weighted by Crippen LogP contribution is -2.11. The zero-order chi connectivity index (χ0) is 13.9. The number of nitrogens with one attached hydrogen (secondary N) is 2. The minimum atomic E-state index is -0.496. The van der Waals surface area contributed by atoms with Gasteiger partial charge in [-0.1, -0.05) is 12.1 Å². The Labute approximate surface area is 112 Å². The molecule has 20 heavy (non-hydrogen) atoms. The first-order valence-electron chi connectivity index (χ1n) is 5.75. The summed E-state index contributed by atoms with van der Waals surface area (Å²) in [6, 6.07) is 9.17. The predicted molar refractivity (Wildman–Crippen MR) is 68.4 cm³/mol. The number of amides is 1. The van der Waals surface area contributed by atoms with E-state index in [1.54, 1.807) is 18.2 Å². The third kappa shape index (κ3) is 2.28. The number of benzene rings is 1. The van der Waals surface area contributed by atoms with Gasteiger partial charge >= 0.3 is 0 Å². The van der Waals surface area contributed by atoms with E-state index in [1.807, 2.05) is 0 Å². The number of carbonyl (C=O) groups excluding carboxylic acids is 1. The van der Waals surface area contributed by atoms with Crippen LogP contribution in [0, 0.1) is 5.82 Å². The van der Waals surface area contributed by atoms with Crippen LogP contribution in [0.4, 0.5) is 10.3 Å². The number of nitrogens with zero attached hydrogens (tertiary/aromatic N) is 2. The summed E-state index contributed by atoms with van der Waals surface area (Å²) in [6.07, 6.45) is 1.27. The van der Waals surface area contributed by atoms with E-state index in [0.29, 0.717) is 5.56 Å². The molecule has 0 aliphatic rings. The van der Waals surface area contributed by atoms with Crippen LogP contribution in [0.15, 0.2) is 47.1 Å². The van der Waals surface area contributed by atoms with Gasteiger partial charge in [0.15, 0.2) is 5.76 Å². The molecule has 0 saturated carbocycles. The molecule has 2 N–H and O–H groups in total. The van der Waals surface area contributed by atoms with Crippen LogP contribution < -0.4 is 5.32 Å². The number of furan rings is 1. The number of halogens is 1. The van der Waals surface area contributed by atoms with Gasteiger partial charge in [0, 0.05) is 0 Å². The standard InChI is InChI=1S/C13H9FN4O2/c14-9-4-2-1-3-8(9)10-5-6-11(20-10)12(19)17-13-15-7-16-18-13/h1-7H,(H2,15,16,17,18,19). The number of aromatic nitrogens is 3. The molecule has 0 aliphatic carbocycles. The van der Waals surface area contributed by atoms with Gasteiger partial charge in [-0.05, 0) is 24.3 Å². The zero-order valence-electron chi connectivity index (χ0n) is 10.1. The topological polar surface area (TPSA) is 83.8 Å². The SMILES string of the molecule is O=C(Nc1ncn[nH]1)c1ccc(-c2ccccc2F)o1. The molecule has 2 aromatic heterocycles. The molecule has 0 bridgehead atoms. The highest BCUT2D eigenvalue weighted by molar-refractivity contribution is 6.01. The van der Waals surface area contributed by atoms with Gasteiger partial charge in [-0.25, -0.2) is 9.49 Å². The van der Waals surface area contributed by atoms with E-state index < -0.39 is 11.7 Å². The van der Waals surface area contributed by atoms with Gasteiger partial charge in [0.05, 0.1) is 5.56 Å². The van der Waals surface area contributed by atoms with Crippen molar-refractivity contribution in [1.29, 1.82) is 0 Å². The highest BCUT2D eigenvalue weighted by Gasteiger charge is 2.15. The van der Waals surface area contributed by atoms with Crippen LogP contribution in [0.2, 0.25) is 0 Å². The summed E-state index contributed by atoms with van der Waals surface area (Å²) in [4.78, 5) is 15.6. The third-order valence-electron chi connectivity index (χ3n) is 2.62. The highest BCUT2D eigenvalue weighted by Crippen LogP contribution is 2.24. The molecule has 1 amide bonds. The summed E-state index contributed by atoms with van der Waals surface area (Å²) < 4.78 is 19.0. The van der Waals surface area contributed by atoms with E-state index in [-0.39, 0.29) is 17.5 Å². The number of carbonyl (C=O) groups is 1. The molecular weight excluding hydrogens is 263 g/mol. The Morgan fingerprint density at radius 3 is 2.85 bits per heavy atom. The van der Waals surface area contributed by atoms with Crippen molar-refractivity contribution in [2.24, 2.45) is 0 Å². The van der Waals surface area contributed by atoms with E-state index >= 15 is 0 Å². The minimum absolute atomic E-state index is 0.0552. The van der Waals surface area contributed by atoms with Crippen LogP contribution in [-0.4, -0.2) is 21.1 Å². The molecule has 0 radical (unpaired) electrons. The van der Waals surface area contributed by atoms with Crippen molar-refractivity contribution in [1.82, 2.24) is 15.2 Å². The second kappa shape index (κ2) is 4.96. The summed E-state index contributed by atoms with van der Waals surface area (Å²) in [7, 11) is 0. The average Bonchev–Trinajstić information content (AvgIpc) is 3.10. The molecule has 100 valence electrons. The lowest BCUT2D eigenvalue weighted by atomic mass is 10.1. The zero-order valence-corrected chi connectivity index (χ0v) is 10.1. The summed E-state index contributed by atoms with van der Waals surface area (Å²) in [5.41, 5.74) is 0.297. The number of aromatic amines is 1. The third-order valence-corrected chi connectivity index (χ3v) is 2.62. The number of H-pyrrole nitrogens is 1. The molecule has 3 aromatic rings. The van der Waals surface area contributed by atoms with Crippen LogP contribution in [0.3, 0.4) is 0 Å². The quantitative estimate of drug-likeness (QED) is 0.767. The lowest BCUT2D eigenvalue weighted by molar-refractivity contribution is 0.0996. The molecule has 2 heterocycles. The Balaban J connectivity index is 1.83. The van der Waals surface area contributed by atoms with Crippen LogP contribution in [-0.2, 0) is 0 Å². The monoisotopic (exact) mass is 272 g/mol. The van der Waals surface area contributed by atoms with Gasteiger partial charge in [0.1, 0.15) is 17.9 Å². The van der Waals surface area contributed by atoms with Gasteiger partial charge < -0.3 is 4.42 Å². The Morgan fingerprint density at radius 2 is 2.10 bits per heavy atom. The minimum Gasteiger partial charge on any atom is -0.451 e. The van der Waals surface area contributed by atoms with Gasteiger partial charge in [-0.15, -0.1) is 0 Å². The molecule has 7 heteroatoms. The molecule has 0 spiro atoms. The largest absolute Gasteiger partial charge is 0.451 e. The summed E-state index contributed by atoms with van der Waals surface area (Å²) in [6.45, 7) is 0. The molecule has 0 fully saturated rings. The van der Waals surface area contributed by atoms with Crippen molar-refractivity contribution < 1.29 is 13.6 Å². The van der Waals surface area contributed by atoms with Crippen molar-refractivity contribution in [2.75, 3.05) is 5.32 Å². The molecule has 0 unspecified atom stereocenters. The first-order chi connectivity index (χ1) is 9.74. The van der Waals surface area contributed by atoms with Crippen molar-refractivity contribution >= 4 is 11.9 Å². The molecule has 6 nitrogen and oxygen atoms in total. The summed E-state index contributed by atoms with van der Waals surface area (Å²) >= 11 is 0. The first kappa shape index (κ1) is 12.1. The fourth-order valence-electron chi connectivity index (χ4n) is 1.70. The fourth-order valence-corrected chi connectivity index (χ4v) is 1.70. The average molecular weight is 272 g/mol. The van der Waals surface area contributed by atoms with E-state index in [0.717, 1.165) is 0 Å². The van der Waals surface area contributed by atoms with Crippen molar-refractivity contribution in [3.63, 3.8) is 0 Å².